The fourth-order valence-electron chi connectivity index (χ4n) is 1.61. The zero-order valence-electron chi connectivity index (χ0n) is 8.41. The summed E-state index contributed by atoms with van der Waals surface area (Å²) in [5.74, 6) is 0.0688. The summed E-state index contributed by atoms with van der Waals surface area (Å²) in [6.07, 6.45) is -0.883. The maximum atomic E-state index is 13.5. The molecule has 1 unspecified atom stereocenters. The van der Waals surface area contributed by atoms with E-state index in [1.54, 1.807) is 0 Å². The Balaban J connectivity index is 2.66. The van der Waals surface area contributed by atoms with E-state index in [1.165, 1.54) is 20.1 Å². The van der Waals surface area contributed by atoms with Gasteiger partial charge in [0, 0.05) is 6.07 Å². The smallest absolute Gasteiger partial charge is 0.231 e. The monoisotopic (exact) mass is 214 g/mol. The zero-order valence-corrected chi connectivity index (χ0v) is 8.41. The first-order valence-corrected chi connectivity index (χ1v) is 4.49. The minimum atomic E-state index is -0.883. The van der Waals surface area contributed by atoms with Crippen LogP contribution in [0.5, 0.6) is 17.2 Å². The fraction of sp³-hybridized carbons (Fsp3) is 0.400. The van der Waals surface area contributed by atoms with Gasteiger partial charge in [-0.1, -0.05) is 0 Å². The summed E-state index contributed by atoms with van der Waals surface area (Å²) in [6, 6.07) is 1.19. The highest BCUT2D eigenvalue weighted by atomic mass is 19.1. The second-order valence-electron chi connectivity index (χ2n) is 3.22. The van der Waals surface area contributed by atoms with Gasteiger partial charge in [0.2, 0.25) is 6.79 Å². The number of ether oxygens (including phenoxy) is 3. The molecule has 4 nitrogen and oxygen atoms in total. The molecule has 1 N–H and O–H groups in total. The molecule has 0 aliphatic carbocycles. The van der Waals surface area contributed by atoms with Gasteiger partial charge in [-0.15, -0.1) is 0 Å². The van der Waals surface area contributed by atoms with Crippen LogP contribution >= 0.6 is 0 Å². The number of hydrogen-bond acceptors (Lipinski definition) is 4. The number of methoxy groups -OCH3 is 1. The van der Waals surface area contributed by atoms with E-state index in [1.807, 2.05) is 0 Å². The Bertz CT molecular complexity index is 386. The van der Waals surface area contributed by atoms with E-state index < -0.39 is 11.9 Å². The summed E-state index contributed by atoms with van der Waals surface area (Å²) in [5, 5.41) is 9.54. The fourth-order valence-corrected chi connectivity index (χ4v) is 1.61. The predicted molar refractivity (Wildman–Crippen MR) is 49.7 cm³/mol. The highest BCUT2D eigenvalue weighted by Crippen LogP contribution is 2.45. The molecular weight excluding hydrogens is 203 g/mol. The van der Waals surface area contributed by atoms with Crippen molar-refractivity contribution in [1.29, 1.82) is 0 Å². The number of aliphatic hydroxyl groups excluding tert-OH is 1. The molecule has 15 heavy (non-hydrogen) atoms. The summed E-state index contributed by atoms with van der Waals surface area (Å²) in [7, 11) is 1.34. The SMILES string of the molecule is COc1c(F)cc2c(c1C(C)O)OCO2. The van der Waals surface area contributed by atoms with Crippen molar-refractivity contribution in [2.24, 2.45) is 0 Å². The summed E-state index contributed by atoms with van der Waals surface area (Å²) in [5.41, 5.74) is 0.282. The van der Waals surface area contributed by atoms with Gasteiger partial charge in [-0.2, -0.15) is 0 Å². The minimum Gasteiger partial charge on any atom is -0.493 e. The van der Waals surface area contributed by atoms with Gasteiger partial charge in [0.05, 0.1) is 18.8 Å². The molecule has 0 radical (unpaired) electrons. The van der Waals surface area contributed by atoms with Crippen LogP contribution in [0.4, 0.5) is 4.39 Å². The molecule has 1 heterocycles. The molecule has 0 aromatic heterocycles. The van der Waals surface area contributed by atoms with Gasteiger partial charge >= 0.3 is 0 Å². The molecule has 1 aliphatic rings. The minimum absolute atomic E-state index is 0.00532. The van der Waals surface area contributed by atoms with E-state index in [0.29, 0.717) is 11.5 Å². The Kier molecular flexibility index (Phi) is 2.40. The Morgan fingerprint density at radius 3 is 2.87 bits per heavy atom. The first-order valence-electron chi connectivity index (χ1n) is 4.49. The first-order chi connectivity index (χ1) is 7.15. The number of rotatable bonds is 2. The van der Waals surface area contributed by atoms with Crippen molar-refractivity contribution in [2.45, 2.75) is 13.0 Å². The lowest BCUT2D eigenvalue weighted by Gasteiger charge is -2.14. The zero-order chi connectivity index (χ0) is 11.0. The number of fused-ring (bicyclic) bond motifs is 1. The number of hydrogen-bond donors (Lipinski definition) is 1. The van der Waals surface area contributed by atoms with E-state index >= 15 is 0 Å². The van der Waals surface area contributed by atoms with Crippen molar-refractivity contribution in [3.8, 4) is 17.2 Å². The van der Waals surface area contributed by atoms with Gasteiger partial charge in [0.25, 0.3) is 0 Å². The van der Waals surface area contributed by atoms with Crippen LogP contribution in [0.25, 0.3) is 0 Å². The molecule has 1 aromatic rings. The van der Waals surface area contributed by atoms with Crippen molar-refractivity contribution in [2.75, 3.05) is 13.9 Å². The Morgan fingerprint density at radius 1 is 1.53 bits per heavy atom. The van der Waals surface area contributed by atoms with Crippen LogP contribution in [0.1, 0.15) is 18.6 Å². The van der Waals surface area contributed by atoms with Gasteiger partial charge in [-0.3, -0.25) is 0 Å². The second kappa shape index (κ2) is 3.58. The molecule has 1 atom stereocenters. The van der Waals surface area contributed by atoms with Crippen molar-refractivity contribution in [1.82, 2.24) is 0 Å². The molecular formula is C10H11FO4. The van der Waals surface area contributed by atoms with Gasteiger partial charge in [-0.05, 0) is 6.92 Å². The third-order valence-electron chi connectivity index (χ3n) is 2.23. The summed E-state index contributed by atoms with van der Waals surface area (Å²) >= 11 is 0. The molecule has 0 amide bonds. The molecule has 1 aliphatic heterocycles. The number of benzene rings is 1. The molecule has 82 valence electrons. The Hall–Kier alpha value is -1.49. The third-order valence-corrected chi connectivity index (χ3v) is 2.23. The average Bonchev–Trinajstić information content (AvgIpc) is 2.62. The van der Waals surface area contributed by atoms with E-state index in [0.717, 1.165) is 0 Å². The van der Waals surface area contributed by atoms with Gasteiger partial charge in [0.15, 0.2) is 23.1 Å². The molecule has 0 saturated carbocycles. The lowest BCUT2D eigenvalue weighted by atomic mass is 10.1. The number of aliphatic hydroxyl groups is 1. The van der Waals surface area contributed by atoms with E-state index in [2.05, 4.69) is 0 Å². The largest absolute Gasteiger partial charge is 0.493 e. The van der Waals surface area contributed by atoms with E-state index in [4.69, 9.17) is 14.2 Å². The maximum Gasteiger partial charge on any atom is 0.231 e. The topological polar surface area (TPSA) is 47.9 Å². The molecule has 0 saturated heterocycles. The van der Waals surface area contributed by atoms with Crippen LogP contribution in [0.3, 0.4) is 0 Å². The molecule has 0 spiro atoms. The van der Waals surface area contributed by atoms with Crippen molar-refractivity contribution in [3.05, 3.63) is 17.4 Å². The predicted octanol–water partition coefficient (Wildman–Crippen LogP) is 1.62. The van der Waals surface area contributed by atoms with Crippen LogP contribution < -0.4 is 14.2 Å². The molecule has 2 rings (SSSR count). The summed E-state index contributed by atoms with van der Waals surface area (Å²) in [4.78, 5) is 0. The van der Waals surface area contributed by atoms with Gasteiger partial charge in [-0.25, -0.2) is 4.39 Å². The lowest BCUT2D eigenvalue weighted by Crippen LogP contribution is -2.01. The van der Waals surface area contributed by atoms with Crippen LogP contribution in [-0.2, 0) is 0 Å². The van der Waals surface area contributed by atoms with E-state index in [9.17, 15) is 9.50 Å². The first kappa shape index (κ1) is 10.0. The van der Waals surface area contributed by atoms with Crippen molar-refractivity contribution in [3.63, 3.8) is 0 Å². The number of halogens is 1. The Labute approximate surface area is 86.2 Å². The standard InChI is InChI=1S/C10H11FO4/c1-5(12)8-9(13-2)6(11)3-7-10(8)15-4-14-7/h3,5,12H,4H2,1-2H3. The van der Waals surface area contributed by atoms with E-state index in [-0.39, 0.29) is 18.1 Å². The van der Waals surface area contributed by atoms with Crippen LogP contribution in [0.2, 0.25) is 0 Å². The summed E-state index contributed by atoms with van der Waals surface area (Å²) < 4.78 is 28.6. The molecule has 0 bridgehead atoms. The van der Waals surface area contributed by atoms with Gasteiger partial charge < -0.3 is 19.3 Å². The molecule has 1 aromatic carbocycles. The van der Waals surface area contributed by atoms with Crippen LogP contribution in [0.15, 0.2) is 6.07 Å². The quantitative estimate of drug-likeness (QED) is 0.812. The average molecular weight is 214 g/mol. The normalized spacial score (nSPS) is 15.2. The lowest BCUT2D eigenvalue weighted by molar-refractivity contribution is 0.162. The highest BCUT2D eigenvalue weighted by molar-refractivity contribution is 5.56. The van der Waals surface area contributed by atoms with Crippen molar-refractivity contribution < 1.29 is 23.7 Å². The Morgan fingerprint density at radius 2 is 2.27 bits per heavy atom. The maximum absolute atomic E-state index is 13.5. The molecule has 0 fully saturated rings. The van der Waals surface area contributed by atoms with Crippen LogP contribution in [0, 0.1) is 5.82 Å². The third kappa shape index (κ3) is 1.48. The summed E-state index contributed by atoms with van der Waals surface area (Å²) in [6.45, 7) is 1.54. The molecule has 5 heteroatoms. The van der Waals surface area contributed by atoms with Crippen molar-refractivity contribution >= 4 is 0 Å². The van der Waals surface area contributed by atoms with Gasteiger partial charge in [0.1, 0.15) is 0 Å². The highest BCUT2D eigenvalue weighted by Gasteiger charge is 2.27. The second-order valence-corrected chi connectivity index (χ2v) is 3.22. The van der Waals surface area contributed by atoms with Crippen LogP contribution in [-0.4, -0.2) is 19.0 Å².